The van der Waals surface area contributed by atoms with Gasteiger partial charge in [-0.3, -0.25) is 15.1 Å². The summed E-state index contributed by atoms with van der Waals surface area (Å²) >= 11 is 3.32. The van der Waals surface area contributed by atoms with E-state index in [1.165, 1.54) is 12.1 Å². The molecule has 6 nitrogen and oxygen atoms in total. The lowest BCUT2D eigenvalue weighted by Gasteiger charge is -2.01. The third kappa shape index (κ3) is 3.65. The van der Waals surface area contributed by atoms with Crippen molar-refractivity contribution in [2.24, 2.45) is 0 Å². The van der Waals surface area contributed by atoms with Crippen LogP contribution in [0.25, 0.3) is 23.0 Å². The highest BCUT2D eigenvalue weighted by atomic mass is 79.9. The Morgan fingerprint density at radius 1 is 1.28 bits per heavy atom. The van der Waals surface area contributed by atoms with E-state index in [1.807, 2.05) is 0 Å². The van der Waals surface area contributed by atoms with Crippen molar-refractivity contribution in [2.75, 3.05) is 0 Å². The normalized spacial score (nSPS) is 11.1. The van der Waals surface area contributed by atoms with Crippen LogP contribution in [0.15, 0.2) is 63.6 Å². The summed E-state index contributed by atoms with van der Waals surface area (Å²) in [6.45, 7) is 0. The van der Waals surface area contributed by atoms with Gasteiger partial charge in [0.25, 0.3) is 5.69 Å². The molecule has 0 aliphatic carbocycles. The van der Waals surface area contributed by atoms with Crippen molar-refractivity contribution in [1.29, 1.82) is 5.26 Å². The molecule has 0 atom stereocenters. The molecule has 0 unspecified atom stereocenters. The van der Waals surface area contributed by atoms with Gasteiger partial charge in [-0.25, -0.2) is 0 Å². The van der Waals surface area contributed by atoms with Gasteiger partial charge in [-0.2, -0.15) is 5.26 Å². The molecular formula is C18H10BrN3O3. The van der Waals surface area contributed by atoms with Crippen LogP contribution in [0.4, 0.5) is 5.69 Å². The predicted molar refractivity (Wildman–Crippen MR) is 96.2 cm³/mol. The number of nitriles is 1. The molecular weight excluding hydrogens is 386 g/mol. The van der Waals surface area contributed by atoms with Crippen LogP contribution >= 0.6 is 15.9 Å². The molecule has 0 saturated heterocycles. The topological polar surface area (TPSA) is 93.0 Å². The molecule has 2 heterocycles. The van der Waals surface area contributed by atoms with Crippen molar-refractivity contribution < 1.29 is 9.34 Å². The number of nitro groups is 1. The summed E-state index contributed by atoms with van der Waals surface area (Å²) in [7, 11) is 0. The summed E-state index contributed by atoms with van der Waals surface area (Å²) in [4.78, 5) is 14.5. The van der Waals surface area contributed by atoms with Crippen molar-refractivity contribution >= 4 is 33.3 Å². The quantitative estimate of drug-likeness (QED) is 0.348. The van der Waals surface area contributed by atoms with E-state index >= 15 is 0 Å². The van der Waals surface area contributed by atoms with Crippen LogP contribution in [0, 0.1) is 21.4 Å². The van der Waals surface area contributed by atoms with Crippen LogP contribution in [0.2, 0.25) is 0 Å². The Morgan fingerprint density at radius 2 is 2.12 bits per heavy atom. The standard InChI is InChI=1S/C18H10BrN3O3/c19-16-10-13(22(23)24)4-6-15(16)18-7-5-14(25-18)9-12(11-20)17-3-1-2-8-21-17/h1-10H. The summed E-state index contributed by atoms with van der Waals surface area (Å²) in [6, 6.07) is 15.3. The van der Waals surface area contributed by atoms with Gasteiger partial charge < -0.3 is 4.42 Å². The first-order valence-corrected chi connectivity index (χ1v) is 7.95. The molecule has 0 fully saturated rings. The number of nitrogens with zero attached hydrogens (tertiary/aromatic N) is 3. The first-order chi connectivity index (χ1) is 12.1. The third-order valence-corrected chi connectivity index (χ3v) is 4.06. The van der Waals surface area contributed by atoms with Gasteiger partial charge in [-0.15, -0.1) is 0 Å². The monoisotopic (exact) mass is 395 g/mol. The fraction of sp³-hybridized carbons (Fsp3) is 0. The second-order valence-electron chi connectivity index (χ2n) is 5.01. The van der Waals surface area contributed by atoms with Crippen LogP contribution in [0.3, 0.4) is 0 Å². The van der Waals surface area contributed by atoms with Gasteiger partial charge in [0.1, 0.15) is 17.6 Å². The van der Waals surface area contributed by atoms with E-state index in [4.69, 9.17) is 4.42 Å². The van der Waals surface area contributed by atoms with Crippen LogP contribution < -0.4 is 0 Å². The number of furan rings is 1. The van der Waals surface area contributed by atoms with Crippen molar-refractivity contribution in [1.82, 2.24) is 4.98 Å². The molecule has 2 aromatic heterocycles. The Labute approximate surface area is 151 Å². The van der Waals surface area contributed by atoms with Gasteiger partial charge in [-0.05, 0) is 46.3 Å². The number of halogens is 1. The molecule has 0 bridgehead atoms. The summed E-state index contributed by atoms with van der Waals surface area (Å²) < 4.78 is 6.30. The Balaban J connectivity index is 1.94. The zero-order valence-corrected chi connectivity index (χ0v) is 14.3. The lowest BCUT2D eigenvalue weighted by atomic mass is 10.1. The lowest BCUT2D eigenvalue weighted by Crippen LogP contribution is -1.88. The predicted octanol–water partition coefficient (Wildman–Crippen LogP) is 5.08. The van der Waals surface area contributed by atoms with Crippen molar-refractivity contribution in [3.63, 3.8) is 0 Å². The minimum Gasteiger partial charge on any atom is -0.457 e. The first kappa shape index (κ1) is 16.6. The van der Waals surface area contributed by atoms with E-state index in [9.17, 15) is 15.4 Å². The van der Waals surface area contributed by atoms with Crippen LogP contribution in [-0.2, 0) is 0 Å². The highest BCUT2D eigenvalue weighted by Crippen LogP contribution is 2.33. The maximum atomic E-state index is 10.8. The fourth-order valence-corrected chi connectivity index (χ4v) is 2.78. The van der Waals surface area contributed by atoms with E-state index < -0.39 is 4.92 Å². The summed E-state index contributed by atoms with van der Waals surface area (Å²) in [6.07, 6.45) is 3.22. The maximum absolute atomic E-state index is 10.8. The van der Waals surface area contributed by atoms with Crippen molar-refractivity contribution in [2.45, 2.75) is 0 Å². The van der Waals surface area contributed by atoms with E-state index in [1.54, 1.807) is 48.7 Å². The number of allylic oxidation sites excluding steroid dienone is 1. The number of aromatic nitrogens is 1. The van der Waals surface area contributed by atoms with Gasteiger partial charge in [0.05, 0.1) is 16.2 Å². The number of nitro benzene ring substituents is 1. The minimum absolute atomic E-state index is 0.00998. The molecule has 0 radical (unpaired) electrons. The zero-order chi connectivity index (χ0) is 17.8. The molecule has 1 aromatic carbocycles. The number of benzene rings is 1. The smallest absolute Gasteiger partial charge is 0.270 e. The Bertz CT molecular complexity index is 1000. The molecule has 3 rings (SSSR count). The molecule has 3 aromatic rings. The van der Waals surface area contributed by atoms with Gasteiger partial charge in [0, 0.05) is 34.4 Å². The molecule has 0 spiro atoms. The second kappa shape index (κ2) is 7.11. The fourth-order valence-electron chi connectivity index (χ4n) is 2.22. The number of hydrogen-bond donors (Lipinski definition) is 0. The molecule has 0 N–H and O–H groups in total. The van der Waals surface area contributed by atoms with Crippen LogP contribution in [0.5, 0.6) is 0 Å². The Hall–Kier alpha value is -3.24. The average molecular weight is 396 g/mol. The summed E-state index contributed by atoms with van der Waals surface area (Å²) in [5.41, 5.74) is 1.61. The number of hydrogen-bond acceptors (Lipinski definition) is 5. The lowest BCUT2D eigenvalue weighted by molar-refractivity contribution is -0.384. The molecule has 0 saturated carbocycles. The van der Waals surface area contributed by atoms with E-state index in [0.29, 0.717) is 32.8 Å². The van der Waals surface area contributed by atoms with E-state index in [-0.39, 0.29) is 5.69 Å². The summed E-state index contributed by atoms with van der Waals surface area (Å²) in [5, 5.41) is 20.1. The molecule has 0 aliphatic rings. The molecule has 25 heavy (non-hydrogen) atoms. The SMILES string of the molecule is N#CC(=Cc1ccc(-c2ccc([N+](=O)[O-])cc2Br)o1)c1ccccn1. The van der Waals surface area contributed by atoms with Crippen LogP contribution in [-0.4, -0.2) is 9.91 Å². The highest BCUT2D eigenvalue weighted by Gasteiger charge is 2.13. The average Bonchev–Trinajstić information content (AvgIpc) is 3.08. The molecule has 122 valence electrons. The molecule has 0 amide bonds. The Kier molecular flexibility index (Phi) is 4.73. The maximum Gasteiger partial charge on any atom is 0.270 e. The first-order valence-electron chi connectivity index (χ1n) is 7.16. The molecule has 0 aliphatic heterocycles. The number of pyridine rings is 1. The number of rotatable bonds is 4. The second-order valence-corrected chi connectivity index (χ2v) is 5.86. The number of non-ortho nitro benzene ring substituents is 1. The van der Waals surface area contributed by atoms with E-state index in [0.717, 1.165) is 0 Å². The van der Waals surface area contributed by atoms with Crippen LogP contribution in [0.1, 0.15) is 11.5 Å². The third-order valence-electron chi connectivity index (χ3n) is 3.40. The minimum atomic E-state index is -0.461. The van der Waals surface area contributed by atoms with Gasteiger partial charge in [-0.1, -0.05) is 6.07 Å². The van der Waals surface area contributed by atoms with Crippen molar-refractivity contribution in [3.8, 4) is 17.4 Å². The van der Waals surface area contributed by atoms with E-state index in [2.05, 4.69) is 27.0 Å². The summed E-state index contributed by atoms with van der Waals surface area (Å²) in [5.74, 6) is 1.02. The molecule has 7 heteroatoms. The highest BCUT2D eigenvalue weighted by molar-refractivity contribution is 9.10. The van der Waals surface area contributed by atoms with Gasteiger partial charge >= 0.3 is 0 Å². The van der Waals surface area contributed by atoms with Gasteiger partial charge in [0.15, 0.2) is 0 Å². The zero-order valence-electron chi connectivity index (χ0n) is 12.7. The largest absolute Gasteiger partial charge is 0.457 e. The van der Waals surface area contributed by atoms with Crippen molar-refractivity contribution in [3.05, 3.63) is 80.8 Å². The van der Waals surface area contributed by atoms with Gasteiger partial charge in [0.2, 0.25) is 0 Å². The Morgan fingerprint density at radius 3 is 2.76 bits per heavy atom.